The maximum Gasteiger partial charge on any atom is 0.252 e. The van der Waals surface area contributed by atoms with E-state index >= 15 is 0 Å². The number of nitrogens with one attached hydrogen (secondary N) is 2. The molecule has 1 aromatic heterocycles. The van der Waals surface area contributed by atoms with Crippen LogP contribution in [0.1, 0.15) is 21.5 Å². The summed E-state index contributed by atoms with van der Waals surface area (Å²) in [4.78, 5) is 17.9. The van der Waals surface area contributed by atoms with Crippen molar-refractivity contribution < 1.29 is 4.79 Å². The lowest BCUT2D eigenvalue weighted by Gasteiger charge is -2.13. The third kappa shape index (κ3) is 3.08. The van der Waals surface area contributed by atoms with E-state index in [2.05, 4.69) is 33.4 Å². The second-order valence-electron chi connectivity index (χ2n) is 6.63. The molecule has 1 amide bonds. The number of carbonyl (C=O) groups is 1. The molecule has 0 atom stereocenters. The number of hydrogen-bond donors (Lipinski definition) is 3. The second-order valence-corrected chi connectivity index (χ2v) is 6.63. The lowest BCUT2D eigenvalue weighted by Crippen LogP contribution is -2.13. The van der Waals surface area contributed by atoms with E-state index in [-0.39, 0.29) is 18.3 Å². The number of nitrogens with zero attached hydrogens (tertiary/aromatic N) is 1. The third-order valence-corrected chi connectivity index (χ3v) is 4.38. The van der Waals surface area contributed by atoms with E-state index in [1.165, 1.54) is 5.56 Å². The minimum Gasteiger partial charge on any atom is -0.399 e. The van der Waals surface area contributed by atoms with Gasteiger partial charge in [-0.05, 0) is 55.6 Å². The van der Waals surface area contributed by atoms with Gasteiger partial charge in [0.2, 0.25) is 0 Å². The van der Waals surface area contributed by atoms with Crippen molar-refractivity contribution in [3.8, 4) is 11.3 Å². The van der Waals surface area contributed by atoms with Crippen LogP contribution in [-0.2, 0) is 13.1 Å². The zero-order valence-corrected chi connectivity index (χ0v) is 15.0. The standard InChI is InChI=1S/C19H20N4O.ClH/c1-23(2)10-11-5-13-9-21-19(24)18(13)15(6-11)17-8-12-7-14(20)3-4-16(12)22-17;/h3-8,22H,9-10,20H2,1-2H3,(H,21,24);1H. The molecular weight excluding hydrogens is 336 g/mol. The summed E-state index contributed by atoms with van der Waals surface area (Å²) in [5, 5.41) is 3.98. The van der Waals surface area contributed by atoms with Crippen LogP contribution in [0.4, 0.5) is 5.69 Å². The number of rotatable bonds is 3. The molecule has 1 aliphatic rings. The summed E-state index contributed by atoms with van der Waals surface area (Å²) in [7, 11) is 4.09. The molecule has 0 spiro atoms. The number of halogens is 1. The molecule has 6 heteroatoms. The largest absolute Gasteiger partial charge is 0.399 e. The Labute approximate surface area is 152 Å². The second kappa shape index (κ2) is 6.43. The van der Waals surface area contributed by atoms with Gasteiger partial charge in [0.05, 0.1) is 5.56 Å². The SMILES string of the molecule is CN(C)Cc1cc2c(c(-c3cc4cc(N)ccc4[nH]3)c1)C(=O)NC2.Cl. The summed E-state index contributed by atoms with van der Waals surface area (Å²) in [5.41, 5.74) is 12.6. The number of aromatic amines is 1. The summed E-state index contributed by atoms with van der Waals surface area (Å²) in [6.45, 7) is 1.43. The molecule has 5 nitrogen and oxygen atoms in total. The van der Waals surface area contributed by atoms with Gasteiger partial charge < -0.3 is 20.9 Å². The van der Waals surface area contributed by atoms with Crippen LogP contribution in [0, 0.1) is 0 Å². The first kappa shape index (κ1) is 17.3. The molecule has 0 saturated carbocycles. The van der Waals surface area contributed by atoms with E-state index in [1.54, 1.807) is 0 Å². The molecule has 0 radical (unpaired) electrons. The monoisotopic (exact) mass is 356 g/mol. The maximum atomic E-state index is 12.3. The van der Waals surface area contributed by atoms with Gasteiger partial charge in [0.25, 0.3) is 5.91 Å². The number of amides is 1. The number of fused-ring (bicyclic) bond motifs is 2. The van der Waals surface area contributed by atoms with Gasteiger partial charge in [-0.3, -0.25) is 4.79 Å². The van der Waals surface area contributed by atoms with Crippen LogP contribution in [0.15, 0.2) is 36.4 Å². The lowest BCUT2D eigenvalue weighted by atomic mass is 9.97. The minimum absolute atomic E-state index is 0. The average Bonchev–Trinajstić information content (AvgIpc) is 3.09. The van der Waals surface area contributed by atoms with Crippen LogP contribution >= 0.6 is 12.4 Å². The predicted octanol–water partition coefficient (Wildman–Crippen LogP) is 3.14. The summed E-state index contributed by atoms with van der Waals surface area (Å²) in [6, 6.07) is 12.1. The number of carbonyl (C=O) groups excluding carboxylic acids is 1. The van der Waals surface area contributed by atoms with Crippen molar-refractivity contribution in [2.45, 2.75) is 13.1 Å². The van der Waals surface area contributed by atoms with Gasteiger partial charge in [0.1, 0.15) is 0 Å². The van der Waals surface area contributed by atoms with E-state index in [9.17, 15) is 4.79 Å². The number of hydrogen-bond acceptors (Lipinski definition) is 3. The zero-order chi connectivity index (χ0) is 16.8. The number of nitrogen functional groups attached to an aromatic ring is 1. The Morgan fingerprint density at radius 3 is 2.72 bits per heavy atom. The van der Waals surface area contributed by atoms with Gasteiger partial charge in [0.15, 0.2) is 0 Å². The summed E-state index contributed by atoms with van der Waals surface area (Å²) in [5.74, 6) is -0.00502. The van der Waals surface area contributed by atoms with Crippen molar-refractivity contribution in [1.29, 1.82) is 0 Å². The van der Waals surface area contributed by atoms with Crippen LogP contribution in [0.3, 0.4) is 0 Å². The Hall–Kier alpha value is -2.50. The quantitative estimate of drug-likeness (QED) is 0.631. The Balaban J connectivity index is 0.00000182. The lowest BCUT2D eigenvalue weighted by molar-refractivity contribution is 0.0966. The number of aromatic nitrogens is 1. The minimum atomic E-state index is -0.00502. The van der Waals surface area contributed by atoms with E-state index in [4.69, 9.17) is 5.73 Å². The highest BCUT2D eigenvalue weighted by molar-refractivity contribution is 6.05. The Kier molecular flexibility index (Phi) is 4.45. The fourth-order valence-electron chi connectivity index (χ4n) is 3.40. The average molecular weight is 357 g/mol. The van der Waals surface area contributed by atoms with Crippen LogP contribution in [0.2, 0.25) is 0 Å². The van der Waals surface area contributed by atoms with Crippen molar-refractivity contribution >= 4 is 34.9 Å². The fourth-order valence-corrected chi connectivity index (χ4v) is 3.40. The van der Waals surface area contributed by atoms with Gasteiger partial charge in [-0.25, -0.2) is 0 Å². The maximum absolute atomic E-state index is 12.3. The van der Waals surface area contributed by atoms with Crippen LogP contribution in [0.5, 0.6) is 0 Å². The molecule has 25 heavy (non-hydrogen) atoms. The number of anilines is 1. The normalized spacial score (nSPS) is 13.0. The van der Waals surface area contributed by atoms with Crippen molar-refractivity contribution in [2.75, 3.05) is 19.8 Å². The highest BCUT2D eigenvalue weighted by Crippen LogP contribution is 2.33. The first-order valence-electron chi connectivity index (χ1n) is 7.98. The van der Waals surface area contributed by atoms with Crippen molar-refractivity contribution in [2.24, 2.45) is 0 Å². The smallest absolute Gasteiger partial charge is 0.252 e. The first-order valence-corrected chi connectivity index (χ1v) is 7.98. The molecule has 0 aliphatic carbocycles. The van der Waals surface area contributed by atoms with Crippen LogP contribution in [0.25, 0.3) is 22.2 Å². The molecule has 3 aromatic rings. The van der Waals surface area contributed by atoms with Crippen molar-refractivity contribution in [3.63, 3.8) is 0 Å². The Morgan fingerprint density at radius 2 is 1.96 bits per heavy atom. The number of benzene rings is 2. The Morgan fingerprint density at radius 1 is 1.16 bits per heavy atom. The molecule has 0 bridgehead atoms. The topological polar surface area (TPSA) is 74.1 Å². The number of H-pyrrole nitrogens is 1. The first-order chi connectivity index (χ1) is 11.5. The molecular formula is C19H21ClN4O. The molecule has 4 N–H and O–H groups in total. The highest BCUT2D eigenvalue weighted by atomic mass is 35.5. The third-order valence-electron chi connectivity index (χ3n) is 4.38. The van der Waals surface area contributed by atoms with Gasteiger partial charge in [0, 0.05) is 40.9 Å². The number of nitrogens with two attached hydrogens (primary N) is 1. The fraction of sp³-hybridized carbons (Fsp3) is 0.211. The molecule has 0 saturated heterocycles. The van der Waals surface area contributed by atoms with Crippen molar-refractivity contribution in [3.05, 3.63) is 53.1 Å². The summed E-state index contributed by atoms with van der Waals surface area (Å²) < 4.78 is 0. The van der Waals surface area contributed by atoms with E-state index in [0.29, 0.717) is 6.54 Å². The highest BCUT2D eigenvalue weighted by Gasteiger charge is 2.25. The summed E-state index contributed by atoms with van der Waals surface area (Å²) >= 11 is 0. The van der Waals surface area contributed by atoms with E-state index in [1.807, 2.05) is 32.3 Å². The molecule has 130 valence electrons. The zero-order valence-electron chi connectivity index (χ0n) is 14.2. The summed E-state index contributed by atoms with van der Waals surface area (Å²) in [6.07, 6.45) is 0. The molecule has 0 fully saturated rings. The molecule has 0 unspecified atom stereocenters. The van der Waals surface area contributed by atoms with Gasteiger partial charge in [-0.2, -0.15) is 0 Å². The van der Waals surface area contributed by atoms with Gasteiger partial charge in [-0.15, -0.1) is 12.4 Å². The molecule has 2 heterocycles. The van der Waals surface area contributed by atoms with E-state index in [0.717, 1.165) is 45.5 Å². The Bertz CT molecular complexity index is 961. The molecule has 4 rings (SSSR count). The van der Waals surface area contributed by atoms with Gasteiger partial charge >= 0.3 is 0 Å². The molecule has 2 aromatic carbocycles. The van der Waals surface area contributed by atoms with Crippen molar-refractivity contribution in [1.82, 2.24) is 15.2 Å². The predicted molar refractivity (Wildman–Crippen MR) is 104 cm³/mol. The molecule has 1 aliphatic heterocycles. The van der Waals surface area contributed by atoms with Gasteiger partial charge in [-0.1, -0.05) is 6.07 Å². The van der Waals surface area contributed by atoms with E-state index < -0.39 is 0 Å². The van der Waals surface area contributed by atoms with Crippen LogP contribution < -0.4 is 11.1 Å². The van der Waals surface area contributed by atoms with Crippen LogP contribution in [-0.4, -0.2) is 29.9 Å².